The highest BCUT2D eigenvalue weighted by Crippen LogP contribution is 2.16. The molecule has 5 heteroatoms. The number of aromatic nitrogens is 1. The number of aryl methyl sites for hydroxylation is 1. The van der Waals surface area contributed by atoms with Crippen LogP contribution in [0.25, 0.3) is 0 Å². The molecule has 1 aliphatic rings. The van der Waals surface area contributed by atoms with Crippen LogP contribution in [0, 0.1) is 6.92 Å². The van der Waals surface area contributed by atoms with Crippen LogP contribution in [0.15, 0.2) is 40.9 Å². The van der Waals surface area contributed by atoms with Crippen LogP contribution in [0.5, 0.6) is 0 Å². The molecule has 0 radical (unpaired) electrons. The van der Waals surface area contributed by atoms with Crippen molar-refractivity contribution >= 4 is 0 Å². The summed E-state index contributed by atoms with van der Waals surface area (Å²) < 4.78 is 5.27. The predicted octanol–water partition coefficient (Wildman–Crippen LogP) is 1.83. The molecule has 1 aromatic heterocycles. The summed E-state index contributed by atoms with van der Waals surface area (Å²) in [5.41, 5.74) is 1.92. The minimum absolute atomic E-state index is 0.412. The predicted molar refractivity (Wildman–Crippen MR) is 84.4 cm³/mol. The van der Waals surface area contributed by atoms with Crippen LogP contribution >= 0.6 is 0 Å². The molecule has 2 heterocycles. The topological polar surface area (TPSA) is 52.7 Å². The first kappa shape index (κ1) is 15.2. The number of aliphatic hydroxyl groups is 1. The van der Waals surface area contributed by atoms with Gasteiger partial charge in [-0.2, -0.15) is 0 Å². The molecule has 1 aromatic carbocycles. The minimum Gasteiger partial charge on any atom is -0.387 e. The first-order chi connectivity index (χ1) is 10.7. The summed E-state index contributed by atoms with van der Waals surface area (Å²) in [6.07, 6.45) is -0.412. The zero-order valence-electron chi connectivity index (χ0n) is 13.0. The van der Waals surface area contributed by atoms with Crippen LogP contribution in [-0.2, 0) is 6.54 Å². The van der Waals surface area contributed by atoms with Gasteiger partial charge in [-0.15, -0.1) is 0 Å². The average molecular weight is 301 g/mol. The highest BCUT2D eigenvalue weighted by Gasteiger charge is 2.20. The van der Waals surface area contributed by atoms with Gasteiger partial charge in [-0.25, -0.2) is 0 Å². The minimum atomic E-state index is -0.412. The number of benzene rings is 1. The lowest BCUT2D eigenvalue weighted by Gasteiger charge is -2.35. The molecule has 1 aliphatic heterocycles. The van der Waals surface area contributed by atoms with Gasteiger partial charge < -0.3 is 9.63 Å². The summed E-state index contributed by atoms with van der Waals surface area (Å²) >= 11 is 0. The lowest BCUT2D eigenvalue weighted by Crippen LogP contribution is -2.47. The Kier molecular flexibility index (Phi) is 4.87. The van der Waals surface area contributed by atoms with Gasteiger partial charge in [-0.05, 0) is 12.5 Å². The third-order valence-electron chi connectivity index (χ3n) is 4.14. The Bertz CT molecular complexity index is 577. The second kappa shape index (κ2) is 7.05. The van der Waals surface area contributed by atoms with Gasteiger partial charge in [0.05, 0.1) is 18.3 Å². The van der Waals surface area contributed by atoms with Crippen LogP contribution in [0.1, 0.15) is 23.1 Å². The van der Waals surface area contributed by atoms with E-state index in [-0.39, 0.29) is 0 Å². The van der Waals surface area contributed by atoms with E-state index in [2.05, 4.69) is 15.0 Å². The quantitative estimate of drug-likeness (QED) is 0.913. The Hall–Kier alpha value is -1.69. The standard InChI is InChI=1S/C17H23N3O2/c1-14-11-16(22-18-14)12-19-7-9-20(10-8-19)13-17(21)15-5-3-2-4-6-15/h2-6,11,17,21H,7-10,12-13H2,1H3/t17-/m1/s1. The van der Waals surface area contributed by atoms with E-state index in [4.69, 9.17) is 4.52 Å². The number of rotatable bonds is 5. The zero-order chi connectivity index (χ0) is 15.4. The first-order valence-electron chi connectivity index (χ1n) is 7.80. The van der Waals surface area contributed by atoms with E-state index in [1.54, 1.807) is 0 Å². The van der Waals surface area contributed by atoms with E-state index in [0.29, 0.717) is 6.54 Å². The fourth-order valence-electron chi connectivity index (χ4n) is 2.87. The normalized spacial score (nSPS) is 18.5. The zero-order valence-corrected chi connectivity index (χ0v) is 13.0. The Balaban J connectivity index is 1.45. The fourth-order valence-corrected chi connectivity index (χ4v) is 2.87. The molecule has 0 saturated carbocycles. The van der Waals surface area contributed by atoms with E-state index in [0.717, 1.165) is 49.7 Å². The highest BCUT2D eigenvalue weighted by atomic mass is 16.5. The van der Waals surface area contributed by atoms with E-state index in [1.807, 2.05) is 43.3 Å². The Labute approximate surface area is 131 Å². The van der Waals surface area contributed by atoms with Crippen molar-refractivity contribution in [2.45, 2.75) is 19.6 Å². The van der Waals surface area contributed by atoms with Gasteiger partial charge in [0, 0.05) is 38.8 Å². The molecule has 3 rings (SSSR count). The number of β-amino-alcohol motifs (C(OH)–C–C–N with tert-alkyl or cyclic N) is 1. The summed E-state index contributed by atoms with van der Waals surface area (Å²) in [7, 11) is 0. The third kappa shape index (κ3) is 3.94. The highest BCUT2D eigenvalue weighted by molar-refractivity contribution is 5.17. The molecular weight excluding hydrogens is 278 g/mol. The van der Waals surface area contributed by atoms with Crippen molar-refractivity contribution in [1.82, 2.24) is 15.0 Å². The van der Waals surface area contributed by atoms with Crippen LogP contribution < -0.4 is 0 Å². The second-order valence-corrected chi connectivity index (χ2v) is 5.94. The fraction of sp³-hybridized carbons (Fsp3) is 0.471. The van der Waals surface area contributed by atoms with Crippen LogP contribution in [0.4, 0.5) is 0 Å². The molecule has 1 atom stereocenters. The maximum Gasteiger partial charge on any atom is 0.150 e. The summed E-state index contributed by atoms with van der Waals surface area (Å²) in [5, 5.41) is 14.2. The van der Waals surface area contributed by atoms with Crippen LogP contribution in [0.2, 0.25) is 0 Å². The molecule has 1 saturated heterocycles. The first-order valence-corrected chi connectivity index (χ1v) is 7.80. The summed E-state index contributed by atoms with van der Waals surface area (Å²) in [5.74, 6) is 0.926. The Morgan fingerprint density at radius 1 is 1.14 bits per heavy atom. The molecule has 1 N–H and O–H groups in total. The van der Waals surface area contributed by atoms with E-state index in [9.17, 15) is 5.11 Å². The molecule has 0 bridgehead atoms. The number of hydrogen-bond donors (Lipinski definition) is 1. The van der Waals surface area contributed by atoms with Crippen molar-refractivity contribution in [2.75, 3.05) is 32.7 Å². The Morgan fingerprint density at radius 2 is 1.82 bits per heavy atom. The van der Waals surface area contributed by atoms with Gasteiger partial charge in [0.15, 0.2) is 5.76 Å². The monoisotopic (exact) mass is 301 g/mol. The molecule has 5 nitrogen and oxygen atoms in total. The number of nitrogens with zero attached hydrogens (tertiary/aromatic N) is 3. The molecular formula is C17H23N3O2. The lowest BCUT2D eigenvalue weighted by molar-refractivity contribution is 0.0670. The lowest BCUT2D eigenvalue weighted by atomic mass is 10.1. The molecule has 0 aliphatic carbocycles. The van der Waals surface area contributed by atoms with Crippen molar-refractivity contribution in [1.29, 1.82) is 0 Å². The molecule has 22 heavy (non-hydrogen) atoms. The van der Waals surface area contributed by atoms with Crippen LogP contribution in [-0.4, -0.2) is 52.8 Å². The number of piperazine rings is 1. The molecule has 1 fully saturated rings. The van der Waals surface area contributed by atoms with Crippen LogP contribution in [0.3, 0.4) is 0 Å². The summed E-state index contributed by atoms with van der Waals surface area (Å²) in [6.45, 7) is 7.36. The van der Waals surface area contributed by atoms with Crippen molar-refractivity contribution in [3.63, 3.8) is 0 Å². The molecule has 0 spiro atoms. The molecule has 118 valence electrons. The van der Waals surface area contributed by atoms with Crippen molar-refractivity contribution < 1.29 is 9.63 Å². The summed E-state index contributed by atoms with van der Waals surface area (Å²) in [4.78, 5) is 4.69. The third-order valence-corrected chi connectivity index (χ3v) is 4.14. The maximum absolute atomic E-state index is 10.3. The van der Waals surface area contributed by atoms with E-state index >= 15 is 0 Å². The van der Waals surface area contributed by atoms with Gasteiger partial charge in [-0.1, -0.05) is 35.5 Å². The number of hydrogen-bond acceptors (Lipinski definition) is 5. The van der Waals surface area contributed by atoms with Gasteiger partial charge in [-0.3, -0.25) is 9.80 Å². The molecule has 2 aromatic rings. The van der Waals surface area contributed by atoms with Crippen molar-refractivity contribution in [2.24, 2.45) is 0 Å². The van der Waals surface area contributed by atoms with Gasteiger partial charge >= 0.3 is 0 Å². The van der Waals surface area contributed by atoms with Crippen molar-refractivity contribution in [3.8, 4) is 0 Å². The molecule has 0 amide bonds. The van der Waals surface area contributed by atoms with Gasteiger partial charge in [0.25, 0.3) is 0 Å². The largest absolute Gasteiger partial charge is 0.387 e. The smallest absolute Gasteiger partial charge is 0.150 e. The van der Waals surface area contributed by atoms with E-state index in [1.165, 1.54) is 0 Å². The number of aliphatic hydroxyl groups excluding tert-OH is 1. The molecule has 0 unspecified atom stereocenters. The maximum atomic E-state index is 10.3. The SMILES string of the molecule is Cc1cc(CN2CCN(C[C@@H](O)c3ccccc3)CC2)on1. The van der Waals surface area contributed by atoms with E-state index < -0.39 is 6.10 Å². The Morgan fingerprint density at radius 3 is 2.45 bits per heavy atom. The summed E-state index contributed by atoms with van der Waals surface area (Å²) in [6, 6.07) is 11.9. The average Bonchev–Trinajstić information content (AvgIpc) is 2.95. The van der Waals surface area contributed by atoms with Gasteiger partial charge in [0.1, 0.15) is 0 Å². The second-order valence-electron chi connectivity index (χ2n) is 5.94. The van der Waals surface area contributed by atoms with Crippen molar-refractivity contribution in [3.05, 3.63) is 53.4 Å². The van der Waals surface area contributed by atoms with Gasteiger partial charge in [0.2, 0.25) is 0 Å².